The van der Waals surface area contributed by atoms with Crippen LogP contribution in [0.2, 0.25) is 5.02 Å². The van der Waals surface area contributed by atoms with Crippen molar-refractivity contribution in [1.82, 2.24) is 10.2 Å². The van der Waals surface area contributed by atoms with Crippen LogP contribution in [-0.4, -0.2) is 22.4 Å². The predicted molar refractivity (Wildman–Crippen MR) is 83.1 cm³/mol. The van der Waals surface area contributed by atoms with Crippen LogP contribution < -0.4 is 5.32 Å². The number of hydrogen-bond donors (Lipinski definition) is 1. The molecule has 2 rings (SSSR count). The summed E-state index contributed by atoms with van der Waals surface area (Å²) in [5, 5.41) is 3.47. The topological polar surface area (TPSA) is 49.4 Å². The minimum absolute atomic E-state index is 0.129. The Morgan fingerprint density at radius 2 is 1.76 bits per heavy atom. The number of carbonyl (C=O) groups is 2. The van der Waals surface area contributed by atoms with Gasteiger partial charge in [-0.1, -0.05) is 56.5 Å². The predicted octanol–water partition coefficient (Wildman–Crippen LogP) is 3.73. The molecule has 3 amide bonds. The van der Waals surface area contributed by atoms with Crippen LogP contribution >= 0.6 is 11.6 Å². The van der Waals surface area contributed by atoms with Gasteiger partial charge in [-0.05, 0) is 24.5 Å². The molecule has 0 aliphatic carbocycles. The largest absolute Gasteiger partial charge is 0.325 e. The zero-order chi connectivity index (χ0) is 15.5. The minimum Gasteiger partial charge on any atom is -0.323 e. The van der Waals surface area contributed by atoms with Crippen LogP contribution in [0.15, 0.2) is 24.3 Å². The van der Waals surface area contributed by atoms with Gasteiger partial charge in [0, 0.05) is 5.02 Å². The summed E-state index contributed by atoms with van der Waals surface area (Å²) >= 11 is 6.12. The van der Waals surface area contributed by atoms with Gasteiger partial charge in [0.15, 0.2) is 0 Å². The van der Waals surface area contributed by atoms with Crippen molar-refractivity contribution in [1.29, 1.82) is 0 Å². The normalized spacial score (nSPS) is 17.2. The van der Waals surface area contributed by atoms with Gasteiger partial charge in [0.1, 0.15) is 5.54 Å². The van der Waals surface area contributed by atoms with E-state index >= 15 is 0 Å². The van der Waals surface area contributed by atoms with Crippen molar-refractivity contribution in [3.8, 4) is 0 Å². The second-order valence-corrected chi connectivity index (χ2v) is 5.90. The molecule has 0 aromatic heterocycles. The Hall–Kier alpha value is -1.55. The average molecular weight is 309 g/mol. The summed E-state index contributed by atoms with van der Waals surface area (Å²) in [4.78, 5) is 26.2. The number of benzene rings is 1. The fourth-order valence-corrected chi connectivity index (χ4v) is 3.13. The molecule has 0 spiro atoms. The molecular weight excluding hydrogens is 288 g/mol. The Bertz CT molecular complexity index is 539. The molecule has 0 saturated carbocycles. The van der Waals surface area contributed by atoms with Crippen molar-refractivity contribution in [2.24, 2.45) is 0 Å². The molecule has 1 fully saturated rings. The van der Waals surface area contributed by atoms with Gasteiger partial charge < -0.3 is 5.32 Å². The molecule has 0 bridgehead atoms. The van der Waals surface area contributed by atoms with E-state index in [-0.39, 0.29) is 18.5 Å². The first-order valence-electron chi connectivity index (χ1n) is 7.41. The van der Waals surface area contributed by atoms with Crippen LogP contribution in [0.4, 0.5) is 4.79 Å². The number of nitrogens with one attached hydrogen (secondary N) is 1. The third kappa shape index (κ3) is 3.05. The first kappa shape index (κ1) is 15.8. The molecule has 1 N–H and O–H groups in total. The van der Waals surface area contributed by atoms with Crippen molar-refractivity contribution in [2.75, 3.05) is 0 Å². The Kier molecular flexibility index (Phi) is 4.88. The summed E-state index contributed by atoms with van der Waals surface area (Å²) < 4.78 is 0. The summed E-state index contributed by atoms with van der Waals surface area (Å²) in [7, 11) is 0. The van der Waals surface area contributed by atoms with E-state index in [1.807, 2.05) is 32.0 Å². The number of hydrogen-bond acceptors (Lipinski definition) is 2. The molecule has 1 aromatic carbocycles. The Labute approximate surface area is 130 Å². The Balaban J connectivity index is 2.23. The van der Waals surface area contributed by atoms with Crippen LogP contribution in [0.25, 0.3) is 0 Å². The van der Waals surface area contributed by atoms with Crippen LogP contribution in [0.5, 0.6) is 0 Å². The highest BCUT2D eigenvalue weighted by atomic mass is 35.5. The third-order valence-electron chi connectivity index (χ3n) is 3.89. The lowest BCUT2D eigenvalue weighted by molar-refractivity contribution is -0.132. The van der Waals surface area contributed by atoms with Gasteiger partial charge in [0.2, 0.25) is 0 Å². The SMILES string of the molecule is CCCC1(CCC)NC(=O)N(Cc2ccccc2Cl)C1=O. The summed E-state index contributed by atoms with van der Waals surface area (Å²) in [5.41, 5.74) is 0.0495. The molecule has 5 heteroatoms. The number of imide groups is 1. The fourth-order valence-electron chi connectivity index (χ4n) is 2.93. The second kappa shape index (κ2) is 6.48. The van der Waals surface area contributed by atoms with Gasteiger partial charge >= 0.3 is 6.03 Å². The lowest BCUT2D eigenvalue weighted by atomic mass is 9.88. The third-order valence-corrected chi connectivity index (χ3v) is 4.25. The molecule has 114 valence electrons. The highest BCUT2D eigenvalue weighted by Gasteiger charge is 2.49. The van der Waals surface area contributed by atoms with E-state index in [1.54, 1.807) is 6.07 Å². The maximum Gasteiger partial charge on any atom is 0.325 e. The van der Waals surface area contributed by atoms with Crippen molar-refractivity contribution in [3.63, 3.8) is 0 Å². The molecule has 1 aliphatic rings. The summed E-state index contributed by atoms with van der Waals surface area (Å²) in [5.74, 6) is -0.129. The first-order valence-corrected chi connectivity index (χ1v) is 7.79. The van der Waals surface area contributed by atoms with Crippen molar-refractivity contribution in [2.45, 2.75) is 51.6 Å². The monoisotopic (exact) mass is 308 g/mol. The molecule has 1 aromatic rings. The van der Waals surface area contributed by atoms with Gasteiger partial charge in [-0.25, -0.2) is 4.79 Å². The van der Waals surface area contributed by atoms with E-state index in [0.29, 0.717) is 17.9 Å². The van der Waals surface area contributed by atoms with Gasteiger partial charge in [0.05, 0.1) is 6.54 Å². The van der Waals surface area contributed by atoms with Gasteiger partial charge in [-0.3, -0.25) is 9.69 Å². The number of nitrogens with zero attached hydrogens (tertiary/aromatic N) is 1. The molecule has 4 nitrogen and oxygen atoms in total. The molecule has 1 saturated heterocycles. The molecule has 0 atom stereocenters. The Morgan fingerprint density at radius 1 is 1.14 bits per heavy atom. The number of amides is 3. The maximum atomic E-state index is 12.7. The molecule has 21 heavy (non-hydrogen) atoms. The van der Waals surface area contributed by atoms with E-state index in [2.05, 4.69) is 5.32 Å². The number of rotatable bonds is 6. The van der Waals surface area contributed by atoms with Gasteiger partial charge in [-0.2, -0.15) is 0 Å². The molecule has 1 heterocycles. The van der Waals surface area contributed by atoms with Gasteiger partial charge in [0.25, 0.3) is 5.91 Å². The standard InChI is InChI=1S/C16H21ClN2O2/c1-3-9-16(10-4-2)14(20)19(15(21)18-16)11-12-7-5-6-8-13(12)17/h5-8H,3-4,9-11H2,1-2H3,(H,18,21). The molecule has 1 aliphatic heterocycles. The van der Waals surface area contributed by atoms with Gasteiger partial charge in [-0.15, -0.1) is 0 Å². The van der Waals surface area contributed by atoms with Crippen LogP contribution in [0, 0.1) is 0 Å². The number of urea groups is 1. The summed E-state index contributed by atoms with van der Waals surface area (Å²) in [6, 6.07) is 6.96. The smallest absolute Gasteiger partial charge is 0.323 e. The number of carbonyl (C=O) groups excluding carboxylic acids is 2. The fraction of sp³-hybridized carbons (Fsp3) is 0.500. The lowest BCUT2D eigenvalue weighted by Gasteiger charge is -2.25. The van der Waals surface area contributed by atoms with Crippen LogP contribution in [-0.2, 0) is 11.3 Å². The van der Waals surface area contributed by atoms with E-state index < -0.39 is 5.54 Å². The Morgan fingerprint density at radius 3 is 2.33 bits per heavy atom. The highest BCUT2D eigenvalue weighted by molar-refractivity contribution is 6.31. The zero-order valence-corrected chi connectivity index (χ0v) is 13.2. The van der Waals surface area contributed by atoms with E-state index in [4.69, 9.17) is 11.6 Å². The maximum absolute atomic E-state index is 12.7. The van der Waals surface area contributed by atoms with E-state index in [1.165, 1.54) is 4.90 Å². The van der Waals surface area contributed by atoms with Crippen LogP contribution in [0.1, 0.15) is 45.1 Å². The summed E-state index contributed by atoms with van der Waals surface area (Å²) in [6.45, 7) is 4.26. The van der Waals surface area contributed by atoms with E-state index in [9.17, 15) is 9.59 Å². The van der Waals surface area contributed by atoms with Crippen molar-refractivity contribution in [3.05, 3.63) is 34.9 Å². The first-order chi connectivity index (χ1) is 10.0. The zero-order valence-electron chi connectivity index (χ0n) is 12.5. The van der Waals surface area contributed by atoms with Crippen molar-refractivity contribution < 1.29 is 9.59 Å². The molecular formula is C16H21ClN2O2. The second-order valence-electron chi connectivity index (χ2n) is 5.49. The quantitative estimate of drug-likeness (QED) is 0.814. The van der Waals surface area contributed by atoms with Crippen molar-refractivity contribution >= 4 is 23.5 Å². The number of halogens is 1. The van der Waals surface area contributed by atoms with E-state index in [0.717, 1.165) is 18.4 Å². The highest BCUT2D eigenvalue weighted by Crippen LogP contribution is 2.30. The summed E-state index contributed by atoms with van der Waals surface area (Å²) in [6.07, 6.45) is 3.05. The lowest BCUT2D eigenvalue weighted by Crippen LogP contribution is -2.46. The molecule has 0 unspecified atom stereocenters. The van der Waals surface area contributed by atoms with Crippen LogP contribution in [0.3, 0.4) is 0 Å². The minimum atomic E-state index is -0.734. The molecule has 0 radical (unpaired) electrons. The average Bonchev–Trinajstić information content (AvgIpc) is 2.67.